The van der Waals surface area contributed by atoms with E-state index in [0.29, 0.717) is 5.39 Å². The highest BCUT2D eigenvalue weighted by atomic mass is 32.2. The van der Waals surface area contributed by atoms with E-state index in [0.717, 1.165) is 5.39 Å². The van der Waals surface area contributed by atoms with E-state index in [1.165, 1.54) is 16.9 Å². The maximum Gasteiger partial charge on any atom is 0.263 e. The number of benzene rings is 1. The van der Waals surface area contributed by atoms with E-state index in [2.05, 4.69) is 14.8 Å². The summed E-state index contributed by atoms with van der Waals surface area (Å²) in [5.41, 5.74) is 5.99. The Morgan fingerprint density at radius 1 is 1.24 bits per heavy atom. The molecule has 0 unspecified atom stereocenters. The number of anilines is 2. The first kappa shape index (κ1) is 13.4. The smallest absolute Gasteiger partial charge is 0.263 e. The Hall–Kier alpha value is -2.61. The number of nitrogens with zero attached hydrogens (tertiary/aromatic N) is 3. The van der Waals surface area contributed by atoms with E-state index in [4.69, 9.17) is 5.73 Å². The van der Waals surface area contributed by atoms with Gasteiger partial charge in [0.1, 0.15) is 0 Å². The van der Waals surface area contributed by atoms with Gasteiger partial charge in [-0.05, 0) is 12.1 Å². The van der Waals surface area contributed by atoms with Crippen LogP contribution in [0.5, 0.6) is 0 Å². The summed E-state index contributed by atoms with van der Waals surface area (Å²) in [5, 5.41) is 5.26. The molecular formula is C13H13N5O2S. The van der Waals surface area contributed by atoms with E-state index in [-0.39, 0.29) is 16.4 Å². The fraction of sp³-hybridized carbons (Fsp3) is 0.0769. The molecule has 0 aliphatic rings. The molecule has 2 aromatic heterocycles. The number of aryl methyl sites for hydroxylation is 1. The molecule has 2 heterocycles. The lowest BCUT2D eigenvalue weighted by molar-refractivity contribution is 0.601. The number of aromatic nitrogens is 3. The number of hydrogen-bond acceptors (Lipinski definition) is 5. The van der Waals surface area contributed by atoms with Gasteiger partial charge < -0.3 is 5.73 Å². The second-order valence-corrected chi connectivity index (χ2v) is 6.18. The van der Waals surface area contributed by atoms with Crippen molar-refractivity contribution in [3.8, 4) is 0 Å². The minimum Gasteiger partial charge on any atom is -0.394 e. The molecule has 7 nitrogen and oxygen atoms in total. The van der Waals surface area contributed by atoms with E-state index in [1.807, 2.05) is 0 Å². The SMILES string of the molecule is Cn1ncc(N)c1NS(=O)(=O)c1cccc2cnccc12. The highest BCUT2D eigenvalue weighted by Crippen LogP contribution is 2.26. The Bertz CT molecular complexity index is 892. The molecule has 0 atom stereocenters. The third kappa shape index (κ3) is 2.29. The molecule has 0 spiro atoms. The van der Waals surface area contributed by atoms with Crippen molar-refractivity contribution in [2.75, 3.05) is 10.5 Å². The summed E-state index contributed by atoms with van der Waals surface area (Å²) < 4.78 is 29.0. The number of hydrogen-bond donors (Lipinski definition) is 2. The molecule has 0 aliphatic heterocycles. The van der Waals surface area contributed by atoms with Crippen LogP contribution in [0.1, 0.15) is 0 Å². The minimum absolute atomic E-state index is 0.169. The maximum atomic E-state index is 12.6. The molecule has 0 bridgehead atoms. The fourth-order valence-electron chi connectivity index (χ4n) is 2.09. The van der Waals surface area contributed by atoms with Crippen LogP contribution in [-0.2, 0) is 17.1 Å². The monoisotopic (exact) mass is 303 g/mol. The summed E-state index contributed by atoms with van der Waals surface area (Å²) in [6.45, 7) is 0. The number of nitrogens with one attached hydrogen (secondary N) is 1. The zero-order valence-electron chi connectivity index (χ0n) is 11.2. The number of fused-ring (bicyclic) bond motifs is 1. The van der Waals surface area contributed by atoms with Gasteiger partial charge in [-0.15, -0.1) is 0 Å². The predicted molar refractivity (Wildman–Crippen MR) is 80.2 cm³/mol. The first-order chi connectivity index (χ1) is 9.99. The van der Waals surface area contributed by atoms with Gasteiger partial charge >= 0.3 is 0 Å². The summed E-state index contributed by atoms with van der Waals surface area (Å²) in [6, 6.07) is 6.68. The average molecular weight is 303 g/mol. The third-order valence-corrected chi connectivity index (χ3v) is 4.53. The van der Waals surface area contributed by atoms with Gasteiger partial charge in [-0.3, -0.25) is 14.4 Å². The van der Waals surface area contributed by atoms with Gasteiger partial charge in [0.05, 0.1) is 16.8 Å². The van der Waals surface area contributed by atoms with Crippen molar-refractivity contribution in [3.05, 3.63) is 42.9 Å². The summed E-state index contributed by atoms with van der Waals surface area (Å²) in [6.07, 6.45) is 4.57. The van der Waals surface area contributed by atoms with Crippen LogP contribution in [0.25, 0.3) is 10.8 Å². The molecule has 0 saturated heterocycles. The summed E-state index contributed by atoms with van der Waals surface area (Å²) in [4.78, 5) is 4.16. The molecule has 21 heavy (non-hydrogen) atoms. The van der Waals surface area contributed by atoms with Crippen molar-refractivity contribution in [2.24, 2.45) is 7.05 Å². The zero-order valence-corrected chi connectivity index (χ0v) is 12.0. The molecule has 3 aromatic rings. The van der Waals surface area contributed by atoms with Crippen LogP contribution in [0.3, 0.4) is 0 Å². The van der Waals surface area contributed by atoms with Gasteiger partial charge in [0.2, 0.25) is 0 Å². The Balaban J connectivity index is 2.13. The Kier molecular flexibility index (Phi) is 3.02. The predicted octanol–water partition coefficient (Wildman–Crippen LogP) is 1.35. The molecule has 0 radical (unpaired) electrons. The number of nitrogen functional groups attached to an aromatic ring is 1. The van der Waals surface area contributed by atoms with Crippen molar-refractivity contribution >= 4 is 32.3 Å². The van der Waals surface area contributed by atoms with Gasteiger partial charge in [0.25, 0.3) is 10.0 Å². The average Bonchev–Trinajstić information content (AvgIpc) is 2.78. The van der Waals surface area contributed by atoms with Crippen LogP contribution >= 0.6 is 0 Å². The van der Waals surface area contributed by atoms with Gasteiger partial charge in [-0.25, -0.2) is 8.42 Å². The minimum atomic E-state index is -3.77. The fourth-order valence-corrected chi connectivity index (χ4v) is 3.44. The molecule has 1 aromatic carbocycles. The van der Waals surface area contributed by atoms with Gasteiger partial charge in [-0.2, -0.15) is 5.10 Å². The molecule has 3 rings (SSSR count). The molecule has 108 valence electrons. The van der Waals surface area contributed by atoms with Gasteiger partial charge in [-0.1, -0.05) is 12.1 Å². The zero-order chi connectivity index (χ0) is 15.0. The summed E-state index contributed by atoms with van der Waals surface area (Å²) in [7, 11) is -2.16. The molecule has 0 saturated carbocycles. The maximum absolute atomic E-state index is 12.6. The molecule has 0 amide bonds. The molecule has 8 heteroatoms. The van der Waals surface area contributed by atoms with Crippen LogP contribution in [-0.4, -0.2) is 23.2 Å². The summed E-state index contributed by atoms with van der Waals surface area (Å²) in [5.74, 6) is 0.237. The molecule has 0 aliphatic carbocycles. The molecular weight excluding hydrogens is 290 g/mol. The van der Waals surface area contributed by atoms with Gasteiger partial charge in [0, 0.05) is 30.2 Å². The van der Waals surface area contributed by atoms with Crippen LogP contribution in [0, 0.1) is 0 Å². The van der Waals surface area contributed by atoms with Crippen LogP contribution in [0.4, 0.5) is 11.5 Å². The standard InChI is InChI=1S/C13H13N5O2S/c1-18-13(11(14)8-16-18)17-21(19,20)12-4-2-3-9-7-15-6-5-10(9)12/h2-8,17H,14H2,1H3. The first-order valence-electron chi connectivity index (χ1n) is 6.12. The van der Waals surface area contributed by atoms with Crippen molar-refractivity contribution in [2.45, 2.75) is 4.90 Å². The topological polar surface area (TPSA) is 103 Å². The van der Waals surface area contributed by atoms with E-state index >= 15 is 0 Å². The number of sulfonamides is 1. The largest absolute Gasteiger partial charge is 0.394 e. The molecule has 0 fully saturated rings. The van der Waals surface area contributed by atoms with E-state index in [9.17, 15) is 8.42 Å². The van der Waals surface area contributed by atoms with Crippen LogP contribution in [0.2, 0.25) is 0 Å². The lowest BCUT2D eigenvalue weighted by atomic mass is 10.2. The highest BCUT2D eigenvalue weighted by Gasteiger charge is 2.20. The lowest BCUT2D eigenvalue weighted by Gasteiger charge is -2.11. The normalized spacial score (nSPS) is 11.7. The second-order valence-electron chi connectivity index (χ2n) is 4.53. The van der Waals surface area contributed by atoms with Gasteiger partial charge in [0.15, 0.2) is 5.82 Å². The van der Waals surface area contributed by atoms with Crippen LogP contribution in [0.15, 0.2) is 47.8 Å². The Morgan fingerprint density at radius 2 is 2.05 bits per heavy atom. The number of nitrogens with two attached hydrogens (primary N) is 1. The number of pyridine rings is 1. The van der Waals surface area contributed by atoms with Crippen molar-refractivity contribution in [1.82, 2.24) is 14.8 Å². The Labute approximate surface area is 121 Å². The van der Waals surface area contributed by atoms with Crippen molar-refractivity contribution in [1.29, 1.82) is 0 Å². The van der Waals surface area contributed by atoms with E-state index < -0.39 is 10.0 Å². The molecule has 3 N–H and O–H groups in total. The lowest BCUT2D eigenvalue weighted by Crippen LogP contribution is -2.16. The third-order valence-electron chi connectivity index (χ3n) is 3.13. The van der Waals surface area contributed by atoms with E-state index in [1.54, 1.807) is 37.6 Å². The van der Waals surface area contributed by atoms with Crippen molar-refractivity contribution < 1.29 is 8.42 Å². The summed E-state index contributed by atoms with van der Waals surface area (Å²) >= 11 is 0. The highest BCUT2D eigenvalue weighted by molar-refractivity contribution is 7.93. The Morgan fingerprint density at radius 3 is 2.76 bits per heavy atom. The number of rotatable bonds is 3. The second kappa shape index (κ2) is 4.74. The van der Waals surface area contributed by atoms with Crippen LogP contribution < -0.4 is 10.5 Å². The quantitative estimate of drug-likeness (QED) is 0.760. The van der Waals surface area contributed by atoms with Crippen molar-refractivity contribution in [3.63, 3.8) is 0 Å². The first-order valence-corrected chi connectivity index (χ1v) is 7.60.